The summed E-state index contributed by atoms with van der Waals surface area (Å²) in [6, 6.07) is 4.18. The lowest BCUT2D eigenvalue weighted by atomic mass is 9.86. The van der Waals surface area contributed by atoms with Gasteiger partial charge in [-0.05, 0) is 23.1 Å². The first-order valence-electron chi connectivity index (χ1n) is 4.92. The third kappa shape index (κ3) is 2.68. The molecule has 0 atom stereocenters. The van der Waals surface area contributed by atoms with Gasteiger partial charge in [0.25, 0.3) is 0 Å². The fourth-order valence-electron chi connectivity index (χ4n) is 1.40. The molecule has 0 spiro atoms. The van der Waals surface area contributed by atoms with Gasteiger partial charge >= 0.3 is 6.18 Å². The van der Waals surface area contributed by atoms with E-state index < -0.39 is 11.7 Å². The first-order chi connectivity index (χ1) is 7.16. The standard InChI is InChI=1S/C12H15F3O/c1-11(2,3)8-5-6-10(16-4)9(7-8)12(13,14)15/h5-7H,1-4H3. The van der Waals surface area contributed by atoms with E-state index in [0.717, 1.165) is 6.07 Å². The van der Waals surface area contributed by atoms with Crippen LogP contribution in [-0.2, 0) is 11.6 Å². The molecule has 4 heteroatoms. The predicted octanol–water partition coefficient (Wildman–Crippen LogP) is 4.01. The number of benzene rings is 1. The molecule has 1 aromatic rings. The third-order valence-corrected chi connectivity index (χ3v) is 2.37. The van der Waals surface area contributed by atoms with Gasteiger partial charge in [-0.1, -0.05) is 26.8 Å². The summed E-state index contributed by atoms with van der Waals surface area (Å²) in [6.07, 6.45) is -4.38. The zero-order valence-electron chi connectivity index (χ0n) is 9.77. The lowest BCUT2D eigenvalue weighted by Crippen LogP contribution is -2.14. The van der Waals surface area contributed by atoms with Crippen molar-refractivity contribution in [3.05, 3.63) is 29.3 Å². The van der Waals surface area contributed by atoms with Crippen LogP contribution in [0.15, 0.2) is 18.2 Å². The van der Waals surface area contributed by atoms with Crippen molar-refractivity contribution in [3.8, 4) is 5.75 Å². The maximum absolute atomic E-state index is 12.7. The van der Waals surface area contributed by atoms with Crippen molar-refractivity contribution in [2.24, 2.45) is 0 Å². The van der Waals surface area contributed by atoms with Crippen molar-refractivity contribution in [1.29, 1.82) is 0 Å². The van der Waals surface area contributed by atoms with Gasteiger partial charge in [0.05, 0.1) is 12.7 Å². The molecule has 90 valence electrons. The van der Waals surface area contributed by atoms with Crippen LogP contribution in [-0.4, -0.2) is 7.11 Å². The van der Waals surface area contributed by atoms with Gasteiger partial charge in [0.15, 0.2) is 0 Å². The van der Waals surface area contributed by atoms with E-state index in [1.165, 1.54) is 13.2 Å². The van der Waals surface area contributed by atoms with Crippen molar-refractivity contribution in [3.63, 3.8) is 0 Å². The largest absolute Gasteiger partial charge is 0.496 e. The Morgan fingerprint density at radius 3 is 2.00 bits per heavy atom. The first kappa shape index (κ1) is 12.9. The highest BCUT2D eigenvalue weighted by molar-refractivity contribution is 5.41. The number of hydrogen-bond acceptors (Lipinski definition) is 1. The Kier molecular flexibility index (Phi) is 3.22. The molecule has 0 amide bonds. The van der Waals surface area contributed by atoms with Crippen molar-refractivity contribution < 1.29 is 17.9 Å². The summed E-state index contributed by atoms with van der Waals surface area (Å²) in [4.78, 5) is 0. The average molecular weight is 232 g/mol. The molecule has 0 aromatic heterocycles. The number of methoxy groups -OCH3 is 1. The maximum Gasteiger partial charge on any atom is 0.419 e. The smallest absolute Gasteiger partial charge is 0.419 e. The highest BCUT2D eigenvalue weighted by Gasteiger charge is 2.35. The van der Waals surface area contributed by atoms with Gasteiger partial charge in [-0.3, -0.25) is 0 Å². The van der Waals surface area contributed by atoms with Gasteiger partial charge in [-0.2, -0.15) is 13.2 Å². The van der Waals surface area contributed by atoms with Crippen molar-refractivity contribution in [2.45, 2.75) is 32.4 Å². The fraction of sp³-hybridized carbons (Fsp3) is 0.500. The number of rotatable bonds is 1. The lowest BCUT2D eigenvalue weighted by Gasteiger charge is -2.21. The summed E-state index contributed by atoms with van der Waals surface area (Å²) < 4.78 is 42.9. The molecule has 0 aliphatic heterocycles. The minimum Gasteiger partial charge on any atom is -0.496 e. The second-order valence-electron chi connectivity index (χ2n) is 4.66. The van der Waals surface area contributed by atoms with Crippen molar-refractivity contribution in [2.75, 3.05) is 7.11 Å². The highest BCUT2D eigenvalue weighted by Crippen LogP contribution is 2.38. The molecule has 0 heterocycles. The Hall–Kier alpha value is -1.19. The van der Waals surface area contributed by atoms with Crippen LogP contribution in [0, 0.1) is 0 Å². The number of alkyl halides is 3. The number of hydrogen-bond donors (Lipinski definition) is 0. The molecule has 16 heavy (non-hydrogen) atoms. The van der Waals surface area contributed by atoms with Gasteiger partial charge in [-0.15, -0.1) is 0 Å². The van der Waals surface area contributed by atoms with Gasteiger partial charge in [0, 0.05) is 0 Å². The van der Waals surface area contributed by atoms with Crippen LogP contribution >= 0.6 is 0 Å². The molecular weight excluding hydrogens is 217 g/mol. The molecule has 0 unspecified atom stereocenters. The van der Waals surface area contributed by atoms with E-state index in [1.807, 2.05) is 20.8 Å². The third-order valence-electron chi connectivity index (χ3n) is 2.37. The van der Waals surface area contributed by atoms with Crippen LogP contribution in [0.1, 0.15) is 31.9 Å². The molecule has 0 bridgehead atoms. The van der Waals surface area contributed by atoms with E-state index in [4.69, 9.17) is 4.74 Å². The van der Waals surface area contributed by atoms with Crippen LogP contribution in [0.5, 0.6) is 5.75 Å². The fourth-order valence-corrected chi connectivity index (χ4v) is 1.40. The summed E-state index contributed by atoms with van der Waals surface area (Å²) in [7, 11) is 1.24. The Balaban J connectivity index is 3.34. The van der Waals surface area contributed by atoms with Gasteiger partial charge in [-0.25, -0.2) is 0 Å². The topological polar surface area (TPSA) is 9.23 Å². The SMILES string of the molecule is COc1ccc(C(C)(C)C)cc1C(F)(F)F. The van der Waals surface area contributed by atoms with E-state index in [2.05, 4.69) is 0 Å². The van der Waals surface area contributed by atoms with E-state index in [0.29, 0.717) is 5.56 Å². The molecule has 0 saturated carbocycles. The Labute approximate surface area is 93.2 Å². The second kappa shape index (κ2) is 4.00. The quantitative estimate of drug-likeness (QED) is 0.710. The minimum absolute atomic E-state index is 0.138. The molecule has 1 aromatic carbocycles. The predicted molar refractivity (Wildman–Crippen MR) is 56.7 cm³/mol. The molecule has 0 aliphatic carbocycles. The summed E-state index contributed by atoms with van der Waals surface area (Å²) in [6.45, 7) is 5.61. The maximum atomic E-state index is 12.7. The second-order valence-corrected chi connectivity index (χ2v) is 4.66. The van der Waals surface area contributed by atoms with Crippen LogP contribution in [0.2, 0.25) is 0 Å². The Morgan fingerprint density at radius 1 is 1.06 bits per heavy atom. The van der Waals surface area contributed by atoms with E-state index in [9.17, 15) is 13.2 Å². The number of halogens is 3. The van der Waals surface area contributed by atoms with Gasteiger partial charge in [0.1, 0.15) is 5.75 Å². The monoisotopic (exact) mass is 232 g/mol. The summed E-state index contributed by atoms with van der Waals surface area (Å²) in [5.41, 5.74) is -0.394. The van der Waals surface area contributed by atoms with E-state index >= 15 is 0 Å². The molecule has 0 radical (unpaired) electrons. The molecule has 0 fully saturated rings. The zero-order chi connectivity index (χ0) is 12.6. The van der Waals surface area contributed by atoms with Crippen LogP contribution in [0.25, 0.3) is 0 Å². The van der Waals surface area contributed by atoms with Crippen LogP contribution in [0.3, 0.4) is 0 Å². The number of ether oxygens (including phenoxy) is 1. The van der Waals surface area contributed by atoms with Crippen molar-refractivity contribution in [1.82, 2.24) is 0 Å². The van der Waals surface area contributed by atoms with Gasteiger partial charge in [0.2, 0.25) is 0 Å². The molecule has 0 aliphatic rings. The summed E-state index contributed by atoms with van der Waals surface area (Å²) >= 11 is 0. The normalized spacial score (nSPS) is 12.7. The van der Waals surface area contributed by atoms with E-state index in [-0.39, 0.29) is 11.2 Å². The molecule has 1 nitrogen and oxygen atoms in total. The van der Waals surface area contributed by atoms with Crippen LogP contribution in [0.4, 0.5) is 13.2 Å². The minimum atomic E-state index is -4.38. The first-order valence-corrected chi connectivity index (χ1v) is 4.92. The molecule has 0 N–H and O–H groups in total. The molecule has 1 rings (SSSR count). The Morgan fingerprint density at radius 2 is 1.62 bits per heavy atom. The summed E-state index contributed by atoms with van der Waals surface area (Å²) in [5.74, 6) is -0.138. The highest BCUT2D eigenvalue weighted by atomic mass is 19.4. The van der Waals surface area contributed by atoms with Gasteiger partial charge < -0.3 is 4.74 Å². The van der Waals surface area contributed by atoms with Crippen molar-refractivity contribution >= 4 is 0 Å². The summed E-state index contributed by atoms with van der Waals surface area (Å²) in [5, 5.41) is 0. The van der Waals surface area contributed by atoms with E-state index in [1.54, 1.807) is 6.07 Å². The lowest BCUT2D eigenvalue weighted by molar-refractivity contribution is -0.138. The molecule has 0 saturated heterocycles. The zero-order valence-corrected chi connectivity index (χ0v) is 9.77. The average Bonchev–Trinajstić information content (AvgIpc) is 2.14. The molecular formula is C12H15F3O. The van der Waals surface area contributed by atoms with Crippen LogP contribution < -0.4 is 4.74 Å². The Bertz CT molecular complexity index is 375.